The molecular formula is C16H17N5O2S. The second-order valence-corrected chi connectivity index (χ2v) is 6.35. The fourth-order valence-electron chi connectivity index (χ4n) is 2.32. The lowest BCUT2D eigenvalue weighted by molar-refractivity contribution is -0.114. The topological polar surface area (TPSA) is 85.8 Å². The molecule has 3 rings (SSSR count). The molecular weight excluding hydrogens is 326 g/mol. The first-order chi connectivity index (χ1) is 11.5. The summed E-state index contributed by atoms with van der Waals surface area (Å²) in [6.45, 7) is 5.80. The summed E-state index contributed by atoms with van der Waals surface area (Å²) in [5, 5.41) is 6.94. The number of aromatic nitrogens is 4. The molecule has 2 aromatic heterocycles. The first-order valence-electron chi connectivity index (χ1n) is 7.36. The van der Waals surface area contributed by atoms with Crippen LogP contribution >= 0.6 is 11.8 Å². The number of rotatable bonds is 5. The van der Waals surface area contributed by atoms with Crippen LogP contribution in [0.1, 0.15) is 17.0 Å². The van der Waals surface area contributed by atoms with Gasteiger partial charge < -0.3 is 4.52 Å². The van der Waals surface area contributed by atoms with Crippen LogP contribution in [0.5, 0.6) is 0 Å². The van der Waals surface area contributed by atoms with Gasteiger partial charge in [-0.05, 0) is 44.0 Å². The van der Waals surface area contributed by atoms with Crippen LogP contribution in [0.15, 0.2) is 40.3 Å². The van der Waals surface area contributed by atoms with E-state index in [4.69, 9.17) is 4.52 Å². The van der Waals surface area contributed by atoms with Gasteiger partial charge in [0.2, 0.25) is 5.91 Å². The fourth-order valence-corrected chi connectivity index (χ4v) is 3.09. The number of thioether (sulfide) groups is 1. The number of hydrogen-bond donors (Lipinski definition) is 1. The van der Waals surface area contributed by atoms with E-state index in [0.29, 0.717) is 5.82 Å². The van der Waals surface area contributed by atoms with Gasteiger partial charge in [-0.25, -0.2) is 4.98 Å². The largest absolute Gasteiger partial charge is 0.328 e. The Morgan fingerprint density at radius 1 is 1.25 bits per heavy atom. The van der Waals surface area contributed by atoms with Gasteiger partial charge in [-0.3, -0.25) is 14.7 Å². The van der Waals surface area contributed by atoms with Crippen molar-refractivity contribution in [3.63, 3.8) is 0 Å². The number of carbonyl (C=O) groups excluding carboxylic acids is 1. The molecule has 0 radical (unpaired) electrons. The highest BCUT2D eigenvalue weighted by Crippen LogP contribution is 2.22. The molecule has 2 heterocycles. The molecule has 0 aliphatic heterocycles. The van der Waals surface area contributed by atoms with Crippen molar-refractivity contribution in [1.82, 2.24) is 19.7 Å². The van der Waals surface area contributed by atoms with E-state index in [1.54, 1.807) is 13.1 Å². The lowest BCUT2D eigenvalue weighted by Gasteiger charge is -2.09. The van der Waals surface area contributed by atoms with Crippen LogP contribution in [-0.4, -0.2) is 31.4 Å². The summed E-state index contributed by atoms with van der Waals surface area (Å²) >= 11 is 1.34. The summed E-state index contributed by atoms with van der Waals surface area (Å²) in [7, 11) is 0. The molecule has 0 atom stereocenters. The van der Waals surface area contributed by atoms with Crippen molar-refractivity contribution in [2.45, 2.75) is 25.9 Å². The summed E-state index contributed by atoms with van der Waals surface area (Å²) in [5.74, 6) is 0.449. The molecule has 0 fully saturated rings. The first kappa shape index (κ1) is 16.3. The minimum atomic E-state index is -0.223. The van der Waals surface area contributed by atoms with E-state index in [1.807, 2.05) is 10.8 Å². The normalized spacial score (nSPS) is 10.8. The number of hydrogen-bond acceptors (Lipinski definition) is 6. The maximum atomic E-state index is 12.0. The number of aryl methyl sites for hydroxylation is 3. The lowest BCUT2D eigenvalue weighted by Crippen LogP contribution is -2.14. The Bertz CT molecular complexity index is 851. The lowest BCUT2D eigenvalue weighted by atomic mass is 10.1. The maximum Gasteiger partial charge on any atom is 0.328 e. The van der Waals surface area contributed by atoms with Gasteiger partial charge in [0.15, 0.2) is 11.0 Å². The smallest absolute Gasteiger partial charge is 0.315 e. The quantitative estimate of drug-likeness (QED) is 0.717. The minimum Gasteiger partial charge on any atom is -0.315 e. The van der Waals surface area contributed by atoms with Gasteiger partial charge in [0.25, 0.3) is 0 Å². The SMILES string of the molecule is Cc1cc(C)cc(-n2ccnc2SCC(=O)Nc2nc(C)no2)c1. The number of benzene rings is 1. The zero-order chi connectivity index (χ0) is 17.1. The number of carbonyl (C=O) groups is 1. The number of imidazole rings is 1. The van der Waals surface area contributed by atoms with Gasteiger partial charge in [0.05, 0.1) is 5.75 Å². The third-order valence-electron chi connectivity index (χ3n) is 3.20. The van der Waals surface area contributed by atoms with Crippen LogP contribution in [0.25, 0.3) is 5.69 Å². The van der Waals surface area contributed by atoms with E-state index in [2.05, 4.69) is 52.5 Å². The molecule has 124 valence electrons. The molecule has 1 aromatic carbocycles. The standard InChI is InChI=1S/C16H17N5O2S/c1-10-6-11(2)8-13(7-10)21-5-4-17-16(21)24-9-14(22)19-15-18-12(3)20-23-15/h4-8H,9H2,1-3H3,(H,18,19,20,22). The molecule has 8 heteroatoms. The molecule has 0 spiro atoms. The summed E-state index contributed by atoms with van der Waals surface area (Å²) in [4.78, 5) is 20.2. The van der Waals surface area contributed by atoms with Crippen molar-refractivity contribution in [3.8, 4) is 5.69 Å². The van der Waals surface area contributed by atoms with E-state index in [0.717, 1.165) is 10.8 Å². The van der Waals surface area contributed by atoms with E-state index in [1.165, 1.54) is 22.9 Å². The van der Waals surface area contributed by atoms with E-state index >= 15 is 0 Å². The Hall–Kier alpha value is -2.61. The number of amides is 1. The Kier molecular flexibility index (Phi) is 4.66. The second-order valence-electron chi connectivity index (χ2n) is 5.41. The van der Waals surface area contributed by atoms with Crippen LogP contribution in [0.4, 0.5) is 6.01 Å². The van der Waals surface area contributed by atoms with E-state index in [9.17, 15) is 4.79 Å². The number of nitrogens with one attached hydrogen (secondary N) is 1. The summed E-state index contributed by atoms with van der Waals surface area (Å²) < 4.78 is 6.84. The van der Waals surface area contributed by atoms with Crippen LogP contribution in [-0.2, 0) is 4.79 Å². The molecule has 24 heavy (non-hydrogen) atoms. The molecule has 1 N–H and O–H groups in total. The summed E-state index contributed by atoms with van der Waals surface area (Å²) in [6, 6.07) is 6.39. The average Bonchev–Trinajstić information content (AvgIpc) is 3.13. The van der Waals surface area contributed by atoms with Crippen molar-refractivity contribution < 1.29 is 9.32 Å². The number of nitrogens with zero attached hydrogens (tertiary/aromatic N) is 4. The molecule has 0 saturated heterocycles. The van der Waals surface area contributed by atoms with Crippen LogP contribution in [0.3, 0.4) is 0 Å². The Balaban J connectivity index is 1.68. The van der Waals surface area contributed by atoms with Crippen molar-refractivity contribution in [2.75, 3.05) is 11.1 Å². The van der Waals surface area contributed by atoms with Crippen LogP contribution in [0.2, 0.25) is 0 Å². The molecule has 0 aliphatic rings. The summed E-state index contributed by atoms with van der Waals surface area (Å²) in [5.41, 5.74) is 3.39. The molecule has 0 aliphatic carbocycles. The Labute approximate surface area is 143 Å². The fraction of sp³-hybridized carbons (Fsp3) is 0.250. The van der Waals surface area contributed by atoms with Crippen LogP contribution in [0, 0.1) is 20.8 Å². The molecule has 1 amide bonds. The van der Waals surface area contributed by atoms with Gasteiger partial charge in [0, 0.05) is 18.1 Å². The zero-order valence-electron chi connectivity index (χ0n) is 13.6. The van der Waals surface area contributed by atoms with E-state index < -0.39 is 0 Å². The van der Waals surface area contributed by atoms with Gasteiger partial charge in [-0.1, -0.05) is 23.0 Å². The van der Waals surface area contributed by atoms with Gasteiger partial charge in [-0.2, -0.15) is 4.98 Å². The number of anilines is 1. The maximum absolute atomic E-state index is 12.0. The Morgan fingerprint density at radius 2 is 2.00 bits per heavy atom. The zero-order valence-corrected chi connectivity index (χ0v) is 14.4. The predicted octanol–water partition coefficient (Wildman–Crippen LogP) is 2.91. The van der Waals surface area contributed by atoms with Gasteiger partial charge >= 0.3 is 6.01 Å². The third-order valence-corrected chi connectivity index (χ3v) is 4.16. The van der Waals surface area contributed by atoms with Crippen molar-refractivity contribution in [1.29, 1.82) is 0 Å². The van der Waals surface area contributed by atoms with Crippen molar-refractivity contribution >= 4 is 23.7 Å². The van der Waals surface area contributed by atoms with Gasteiger partial charge in [-0.15, -0.1) is 0 Å². The predicted molar refractivity (Wildman–Crippen MR) is 91.4 cm³/mol. The minimum absolute atomic E-state index is 0.107. The molecule has 0 unspecified atom stereocenters. The third kappa shape index (κ3) is 3.83. The average molecular weight is 343 g/mol. The van der Waals surface area contributed by atoms with Crippen LogP contribution < -0.4 is 5.32 Å². The highest BCUT2D eigenvalue weighted by Gasteiger charge is 2.12. The Morgan fingerprint density at radius 3 is 2.67 bits per heavy atom. The van der Waals surface area contributed by atoms with Crippen molar-refractivity contribution in [3.05, 3.63) is 47.5 Å². The molecule has 0 bridgehead atoms. The first-order valence-corrected chi connectivity index (χ1v) is 8.35. The highest BCUT2D eigenvalue weighted by molar-refractivity contribution is 7.99. The molecule has 7 nitrogen and oxygen atoms in total. The van der Waals surface area contributed by atoms with Gasteiger partial charge in [0.1, 0.15) is 0 Å². The second kappa shape index (κ2) is 6.88. The highest BCUT2D eigenvalue weighted by atomic mass is 32.2. The van der Waals surface area contributed by atoms with Crippen molar-refractivity contribution in [2.24, 2.45) is 0 Å². The van der Waals surface area contributed by atoms with E-state index in [-0.39, 0.29) is 17.7 Å². The monoisotopic (exact) mass is 343 g/mol. The summed E-state index contributed by atoms with van der Waals surface area (Å²) in [6.07, 6.45) is 3.61. The molecule has 0 saturated carbocycles. The molecule has 3 aromatic rings.